The summed E-state index contributed by atoms with van der Waals surface area (Å²) in [6.45, 7) is 0.802. The fourth-order valence-electron chi connectivity index (χ4n) is 1.80. The first kappa shape index (κ1) is 12.7. The highest BCUT2D eigenvalue weighted by Crippen LogP contribution is 2.22. The molecule has 0 saturated carbocycles. The summed E-state index contributed by atoms with van der Waals surface area (Å²) < 4.78 is 28.3. The lowest BCUT2D eigenvalue weighted by Gasteiger charge is -1.99. The van der Waals surface area contributed by atoms with Gasteiger partial charge in [0, 0.05) is 37.8 Å². The molecule has 0 saturated heterocycles. The molecule has 0 aliphatic carbocycles. The summed E-state index contributed by atoms with van der Waals surface area (Å²) in [7, 11) is 3.73. The first-order chi connectivity index (χ1) is 8.61. The van der Waals surface area contributed by atoms with Crippen LogP contribution in [0.15, 0.2) is 24.4 Å². The molecule has 0 radical (unpaired) electrons. The predicted octanol–water partition coefficient (Wildman–Crippen LogP) is 2.13. The van der Waals surface area contributed by atoms with Crippen LogP contribution in [0.2, 0.25) is 0 Å². The van der Waals surface area contributed by atoms with Gasteiger partial charge in [-0.25, -0.2) is 13.8 Å². The molecule has 18 heavy (non-hydrogen) atoms. The molecule has 1 heterocycles. The molecule has 0 amide bonds. The van der Waals surface area contributed by atoms with Crippen LogP contribution in [-0.4, -0.2) is 23.1 Å². The fraction of sp³-hybridized carbons (Fsp3) is 0.308. The molecule has 0 atom stereocenters. The van der Waals surface area contributed by atoms with Gasteiger partial charge in [0.1, 0.15) is 17.5 Å². The SMILES string of the molecule is CNCCc1nc(-c2ccc(F)cc2F)cn1C. The van der Waals surface area contributed by atoms with E-state index in [1.54, 1.807) is 6.20 Å². The van der Waals surface area contributed by atoms with Gasteiger partial charge in [0.05, 0.1) is 5.69 Å². The average Bonchev–Trinajstić information content (AvgIpc) is 2.68. The Morgan fingerprint density at radius 1 is 1.33 bits per heavy atom. The predicted molar refractivity (Wildman–Crippen MR) is 66.2 cm³/mol. The molecule has 96 valence electrons. The molecule has 2 rings (SSSR count). The largest absolute Gasteiger partial charge is 0.337 e. The molecule has 1 aromatic heterocycles. The fourth-order valence-corrected chi connectivity index (χ4v) is 1.80. The standard InChI is InChI=1S/C13H15F2N3/c1-16-6-5-13-17-12(8-18(13)2)10-4-3-9(14)7-11(10)15/h3-4,7-8,16H,5-6H2,1-2H3. The highest BCUT2D eigenvalue weighted by molar-refractivity contribution is 5.59. The number of benzene rings is 1. The molecule has 0 bridgehead atoms. The van der Waals surface area contributed by atoms with Crippen LogP contribution in [0.25, 0.3) is 11.3 Å². The quantitative estimate of drug-likeness (QED) is 0.902. The second-order valence-corrected chi connectivity index (χ2v) is 4.13. The topological polar surface area (TPSA) is 29.9 Å². The van der Waals surface area contributed by atoms with Crippen LogP contribution < -0.4 is 5.32 Å². The Bertz CT molecular complexity index is 549. The molecule has 0 fully saturated rings. The van der Waals surface area contributed by atoms with E-state index in [-0.39, 0.29) is 0 Å². The number of nitrogens with one attached hydrogen (secondary N) is 1. The Morgan fingerprint density at radius 3 is 2.78 bits per heavy atom. The number of likely N-dealkylation sites (N-methyl/N-ethyl adjacent to an activating group) is 1. The van der Waals surface area contributed by atoms with Crippen molar-refractivity contribution in [1.82, 2.24) is 14.9 Å². The van der Waals surface area contributed by atoms with Gasteiger partial charge in [-0.2, -0.15) is 0 Å². The zero-order valence-electron chi connectivity index (χ0n) is 10.4. The monoisotopic (exact) mass is 251 g/mol. The Hall–Kier alpha value is -1.75. The van der Waals surface area contributed by atoms with Crippen LogP contribution in [0.3, 0.4) is 0 Å². The molecule has 5 heteroatoms. The molecule has 0 aliphatic heterocycles. The van der Waals surface area contributed by atoms with Gasteiger partial charge in [-0.3, -0.25) is 0 Å². The number of halogens is 2. The highest BCUT2D eigenvalue weighted by Gasteiger charge is 2.11. The lowest BCUT2D eigenvalue weighted by molar-refractivity contribution is 0.585. The van der Waals surface area contributed by atoms with Gasteiger partial charge in [0.2, 0.25) is 0 Å². The van der Waals surface area contributed by atoms with E-state index < -0.39 is 11.6 Å². The first-order valence-corrected chi connectivity index (χ1v) is 5.74. The van der Waals surface area contributed by atoms with E-state index in [2.05, 4.69) is 10.3 Å². The number of nitrogens with zero attached hydrogens (tertiary/aromatic N) is 2. The number of hydrogen-bond donors (Lipinski definition) is 1. The van der Waals surface area contributed by atoms with Crippen LogP contribution >= 0.6 is 0 Å². The maximum Gasteiger partial charge on any atom is 0.135 e. The molecule has 2 aromatic rings. The van der Waals surface area contributed by atoms with Crippen LogP contribution in [0.5, 0.6) is 0 Å². The van der Waals surface area contributed by atoms with Gasteiger partial charge in [-0.1, -0.05) is 0 Å². The minimum Gasteiger partial charge on any atom is -0.337 e. The van der Waals surface area contributed by atoms with Crippen molar-refractivity contribution < 1.29 is 8.78 Å². The molecular weight excluding hydrogens is 236 g/mol. The van der Waals surface area contributed by atoms with Gasteiger partial charge < -0.3 is 9.88 Å². The number of rotatable bonds is 4. The Balaban J connectivity index is 2.33. The normalized spacial score (nSPS) is 10.9. The molecule has 3 nitrogen and oxygen atoms in total. The average molecular weight is 251 g/mol. The minimum absolute atomic E-state index is 0.322. The number of aromatic nitrogens is 2. The third-order valence-corrected chi connectivity index (χ3v) is 2.78. The van der Waals surface area contributed by atoms with Gasteiger partial charge >= 0.3 is 0 Å². The van der Waals surface area contributed by atoms with Crippen molar-refractivity contribution in [1.29, 1.82) is 0 Å². The van der Waals surface area contributed by atoms with Crippen LogP contribution in [-0.2, 0) is 13.5 Å². The maximum atomic E-state index is 13.6. The van der Waals surface area contributed by atoms with Gasteiger partial charge in [-0.15, -0.1) is 0 Å². The van der Waals surface area contributed by atoms with Crippen LogP contribution in [0.4, 0.5) is 8.78 Å². The summed E-state index contributed by atoms with van der Waals surface area (Å²) in [5, 5.41) is 3.03. The van der Waals surface area contributed by atoms with Crippen molar-refractivity contribution in [3.63, 3.8) is 0 Å². The number of imidazole rings is 1. The molecule has 1 aromatic carbocycles. The first-order valence-electron chi connectivity index (χ1n) is 5.74. The molecule has 0 aliphatic rings. The van der Waals surface area contributed by atoms with Crippen molar-refractivity contribution >= 4 is 0 Å². The second-order valence-electron chi connectivity index (χ2n) is 4.13. The molecular formula is C13H15F2N3. The van der Waals surface area contributed by atoms with Gasteiger partial charge in [0.25, 0.3) is 0 Å². The summed E-state index contributed by atoms with van der Waals surface area (Å²) in [6.07, 6.45) is 2.51. The summed E-state index contributed by atoms with van der Waals surface area (Å²) >= 11 is 0. The number of aryl methyl sites for hydroxylation is 1. The van der Waals surface area contributed by atoms with E-state index in [0.29, 0.717) is 11.3 Å². The van der Waals surface area contributed by atoms with Crippen LogP contribution in [0, 0.1) is 11.6 Å². The highest BCUT2D eigenvalue weighted by atomic mass is 19.1. The zero-order chi connectivity index (χ0) is 13.1. The summed E-state index contributed by atoms with van der Waals surface area (Å²) in [6, 6.07) is 3.52. The van der Waals surface area contributed by atoms with Crippen molar-refractivity contribution in [3.8, 4) is 11.3 Å². The third-order valence-electron chi connectivity index (χ3n) is 2.78. The van der Waals surface area contributed by atoms with Gasteiger partial charge in [0.15, 0.2) is 0 Å². The minimum atomic E-state index is -0.590. The summed E-state index contributed by atoms with van der Waals surface area (Å²) in [5.41, 5.74) is 0.851. The van der Waals surface area contributed by atoms with Crippen molar-refractivity contribution in [2.24, 2.45) is 7.05 Å². The van der Waals surface area contributed by atoms with Crippen molar-refractivity contribution in [2.75, 3.05) is 13.6 Å². The van der Waals surface area contributed by atoms with Crippen molar-refractivity contribution in [3.05, 3.63) is 41.9 Å². The molecule has 0 spiro atoms. The Kier molecular flexibility index (Phi) is 3.72. The maximum absolute atomic E-state index is 13.6. The van der Waals surface area contributed by atoms with Gasteiger partial charge in [-0.05, 0) is 19.2 Å². The van der Waals surface area contributed by atoms with Crippen LogP contribution in [0.1, 0.15) is 5.82 Å². The Labute approximate surface area is 104 Å². The number of hydrogen-bond acceptors (Lipinski definition) is 2. The lowest BCUT2D eigenvalue weighted by Crippen LogP contribution is -2.12. The van der Waals surface area contributed by atoms with E-state index in [4.69, 9.17) is 0 Å². The third kappa shape index (κ3) is 2.56. The van der Waals surface area contributed by atoms with E-state index in [9.17, 15) is 8.78 Å². The summed E-state index contributed by atoms with van der Waals surface area (Å²) in [5.74, 6) is -0.307. The van der Waals surface area contributed by atoms with E-state index in [0.717, 1.165) is 24.9 Å². The molecule has 0 unspecified atom stereocenters. The molecule has 1 N–H and O–H groups in total. The Morgan fingerprint density at radius 2 is 2.11 bits per heavy atom. The van der Waals surface area contributed by atoms with Crippen molar-refractivity contribution in [2.45, 2.75) is 6.42 Å². The zero-order valence-corrected chi connectivity index (χ0v) is 10.4. The van der Waals surface area contributed by atoms with E-state index in [1.165, 1.54) is 12.1 Å². The van der Waals surface area contributed by atoms with E-state index in [1.807, 2.05) is 18.7 Å². The van der Waals surface area contributed by atoms with E-state index >= 15 is 0 Å². The smallest absolute Gasteiger partial charge is 0.135 e. The second kappa shape index (κ2) is 5.27. The lowest BCUT2D eigenvalue weighted by atomic mass is 10.1. The summed E-state index contributed by atoms with van der Waals surface area (Å²) in [4.78, 5) is 4.37.